The van der Waals surface area contributed by atoms with E-state index in [9.17, 15) is 0 Å². The smallest absolute Gasteiger partial charge is 0.0656 e. The van der Waals surface area contributed by atoms with Crippen molar-refractivity contribution < 1.29 is 0 Å². The molecule has 1 atom stereocenters. The Bertz CT molecular complexity index is 504. The summed E-state index contributed by atoms with van der Waals surface area (Å²) in [5, 5.41) is 2.14. The topological polar surface area (TPSA) is 26.0 Å². The fourth-order valence-corrected chi connectivity index (χ4v) is 3.05. The van der Waals surface area contributed by atoms with Crippen molar-refractivity contribution in [3.05, 3.63) is 54.8 Å². The Morgan fingerprint density at radius 3 is 2.44 bits per heavy atom. The molecule has 1 aromatic heterocycles. The van der Waals surface area contributed by atoms with Crippen LogP contribution in [0.3, 0.4) is 0 Å². The lowest BCUT2D eigenvalue weighted by molar-refractivity contribution is 0.873. The van der Waals surface area contributed by atoms with Crippen LogP contribution in [0.25, 0.3) is 0 Å². The summed E-state index contributed by atoms with van der Waals surface area (Å²) < 4.78 is 1.28. The summed E-state index contributed by atoms with van der Waals surface area (Å²) in [6, 6.07) is 8.61. The summed E-state index contributed by atoms with van der Waals surface area (Å²) >= 11 is 4.07. The third kappa shape index (κ3) is 2.47. The van der Waals surface area contributed by atoms with Gasteiger partial charge < -0.3 is 5.73 Å². The molecule has 2 N–H and O–H groups in total. The molecule has 0 aliphatic heterocycles. The molecule has 1 heterocycles. The Morgan fingerprint density at radius 1 is 1.12 bits per heavy atom. The van der Waals surface area contributed by atoms with Crippen molar-refractivity contribution in [3.8, 4) is 0 Å². The quantitative estimate of drug-likeness (QED) is 0.819. The second-order valence-electron chi connectivity index (χ2n) is 4.01. The number of halogens is 1. The van der Waals surface area contributed by atoms with Crippen LogP contribution in [0.5, 0.6) is 0 Å². The Balaban J connectivity index is 2.33. The highest BCUT2D eigenvalue weighted by Gasteiger charge is 2.11. The van der Waals surface area contributed by atoms with Crippen LogP contribution >= 0.6 is 33.9 Å². The average Bonchev–Trinajstić information content (AvgIpc) is 2.68. The van der Waals surface area contributed by atoms with Gasteiger partial charge in [-0.2, -0.15) is 0 Å². The van der Waals surface area contributed by atoms with Crippen LogP contribution in [0, 0.1) is 16.7 Å². The summed E-state index contributed by atoms with van der Waals surface area (Å²) in [6.07, 6.45) is 0. The van der Waals surface area contributed by atoms with Crippen molar-refractivity contribution in [2.45, 2.75) is 19.9 Å². The first-order valence-electron chi connectivity index (χ1n) is 5.14. The molecule has 1 aromatic carbocycles. The highest BCUT2D eigenvalue weighted by molar-refractivity contribution is 14.1. The zero-order valence-corrected chi connectivity index (χ0v) is 12.3. The summed E-state index contributed by atoms with van der Waals surface area (Å²) in [4.78, 5) is 0. The van der Waals surface area contributed by atoms with E-state index in [2.05, 4.69) is 66.1 Å². The monoisotopic (exact) mass is 343 g/mol. The zero-order chi connectivity index (χ0) is 11.7. The molecule has 2 rings (SSSR count). The minimum Gasteiger partial charge on any atom is -0.320 e. The maximum Gasteiger partial charge on any atom is 0.0656 e. The van der Waals surface area contributed by atoms with E-state index >= 15 is 0 Å². The lowest BCUT2D eigenvalue weighted by Gasteiger charge is -2.12. The fourth-order valence-electron chi connectivity index (χ4n) is 1.64. The predicted octanol–water partition coefficient (Wildman–Crippen LogP) is 4.02. The molecule has 1 unspecified atom stereocenters. The summed E-state index contributed by atoms with van der Waals surface area (Å²) in [5.41, 5.74) is 11.3. The van der Waals surface area contributed by atoms with Gasteiger partial charge in [0, 0.05) is 0 Å². The van der Waals surface area contributed by atoms with Gasteiger partial charge in [0.1, 0.15) is 0 Å². The molecule has 0 spiro atoms. The number of benzene rings is 1. The van der Waals surface area contributed by atoms with Gasteiger partial charge >= 0.3 is 0 Å². The van der Waals surface area contributed by atoms with Gasteiger partial charge in [-0.15, -0.1) is 11.3 Å². The Morgan fingerprint density at radius 2 is 1.88 bits per heavy atom. The van der Waals surface area contributed by atoms with Crippen molar-refractivity contribution in [2.75, 3.05) is 0 Å². The SMILES string of the molecule is Cc1ccc(C(N)c2csc(I)c2)cc1C. The summed E-state index contributed by atoms with van der Waals surface area (Å²) in [5.74, 6) is 0. The van der Waals surface area contributed by atoms with E-state index < -0.39 is 0 Å². The van der Waals surface area contributed by atoms with Gasteiger partial charge in [-0.05, 0) is 70.1 Å². The summed E-state index contributed by atoms with van der Waals surface area (Å²) in [6.45, 7) is 4.25. The highest BCUT2D eigenvalue weighted by Crippen LogP contribution is 2.26. The van der Waals surface area contributed by atoms with Crippen molar-refractivity contribution in [1.82, 2.24) is 0 Å². The first-order valence-corrected chi connectivity index (χ1v) is 7.10. The van der Waals surface area contributed by atoms with Crippen LogP contribution in [0.15, 0.2) is 29.6 Å². The van der Waals surface area contributed by atoms with E-state index in [1.807, 2.05) is 0 Å². The number of nitrogens with two attached hydrogens (primary N) is 1. The number of aryl methyl sites for hydroxylation is 2. The lowest BCUT2D eigenvalue weighted by Crippen LogP contribution is -2.11. The minimum atomic E-state index is -0.000865. The molecule has 0 radical (unpaired) electrons. The molecular weight excluding hydrogens is 329 g/mol. The third-order valence-corrected chi connectivity index (χ3v) is 4.64. The normalized spacial score (nSPS) is 12.8. The van der Waals surface area contributed by atoms with E-state index in [1.165, 1.54) is 25.1 Å². The van der Waals surface area contributed by atoms with Crippen molar-refractivity contribution in [1.29, 1.82) is 0 Å². The number of hydrogen-bond donors (Lipinski definition) is 1. The Kier molecular flexibility index (Phi) is 3.66. The van der Waals surface area contributed by atoms with Gasteiger partial charge in [-0.25, -0.2) is 0 Å². The first-order chi connectivity index (χ1) is 7.58. The molecule has 0 amide bonds. The lowest BCUT2D eigenvalue weighted by atomic mass is 9.98. The Hall–Kier alpha value is -0.390. The van der Waals surface area contributed by atoms with E-state index in [-0.39, 0.29) is 6.04 Å². The van der Waals surface area contributed by atoms with Crippen LogP contribution in [0.2, 0.25) is 0 Å². The number of thiophene rings is 1. The molecule has 0 bridgehead atoms. The van der Waals surface area contributed by atoms with Gasteiger partial charge in [0.15, 0.2) is 0 Å². The second-order valence-corrected chi connectivity index (χ2v) is 6.81. The van der Waals surface area contributed by atoms with Crippen molar-refractivity contribution >= 4 is 33.9 Å². The van der Waals surface area contributed by atoms with E-state index in [0.717, 1.165) is 0 Å². The van der Waals surface area contributed by atoms with Crippen LogP contribution < -0.4 is 5.73 Å². The fraction of sp³-hybridized carbons (Fsp3) is 0.231. The average molecular weight is 343 g/mol. The molecule has 16 heavy (non-hydrogen) atoms. The van der Waals surface area contributed by atoms with Crippen LogP contribution in [0.4, 0.5) is 0 Å². The largest absolute Gasteiger partial charge is 0.320 e. The first kappa shape index (κ1) is 12.1. The number of hydrogen-bond acceptors (Lipinski definition) is 2. The van der Waals surface area contributed by atoms with Crippen molar-refractivity contribution in [2.24, 2.45) is 5.73 Å². The van der Waals surface area contributed by atoms with Gasteiger partial charge in [0.05, 0.1) is 8.93 Å². The van der Waals surface area contributed by atoms with Crippen LogP contribution in [-0.2, 0) is 0 Å². The molecule has 0 aliphatic rings. The highest BCUT2D eigenvalue weighted by atomic mass is 127. The zero-order valence-electron chi connectivity index (χ0n) is 9.33. The third-order valence-electron chi connectivity index (χ3n) is 2.84. The van der Waals surface area contributed by atoms with Gasteiger partial charge in [0.2, 0.25) is 0 Å². The van der Waals surface area contributed by atoms with Gasteiger partial charge in [-0.1, -0.05) is 18.2 Å². The Labute approximate surface area is 114 Å². The van der Waals surface area contributed by atoms with Crippen LogP contribution in [-0.4, -0.2) is 0 Å². The van der Waals surface area contributed by atoms with E-state index in [4.69, 9.17) is 5.73 Å². The molecular formula is C13H14INS. The molecule has 2 aromatic rings. The summed E-state index contributed by atoms with van der Waals surface area (Å²) in [7, 11) is 0. The molecule has 1 nitrogen and oxygen atoms in total. The standard InChI is InChI=1S/C13H14INS/c1-8-3-4-10(5-9(8)2)13(15)11-6-12(14)16-7-11/h3-7,13H,15H2,1-2H3. The maximum atomic E-state index is 6.25. The molecule has 3 heteroatoms. The molecule has 0 fully saturated rings. The molecule has 0 aliphatic carbocycles. The molecule has 0 saturated heterocycles. The van der Waals surface area contributed by atoms with Gasteiger partial charge in [0.25, 0.3) is 0 Å². The molecule has 0 saturated carbocycles. The van der Waals surface area contributed by atoms with Gasteiger partial charge in [-0.3, -0.25) is 0 Å². The van der Waals surface area contributed by atoms with E-state index in [0.29, 0.717) is 0 Å². The predicted molar refractivity (Wildman–Crippen MR) is 79.0 cm³/mol. The number of rotatable bonds is 2. The maximum absolute atomic E-state index is 6.25. The van der Waals surface area contributed by atoms with Crippen LogP contribution in [0.1, 0.15) is 28.3 Å². The molecule has 84 valence electrons. The van der Waals surface area contributed by atoms with Crippen molar-refractivity contribution in [3.63, 3.8) is 0 Å². The van der Waals surface area contributed by atoms with E-state index in [1.54, 1.807) is 11.3 Å². The second kappa shape index (κ2) is 4.85. The minimum absolute atomic E-state index is 0.000865.